The topological polar surface area (TPSA) is 37.6 Å². The third-order valence-corrected chi connectivity index (χ3v) is 6.84. The number of aliphatic imine (C=N–C) groups is 2. The number of aromatic nitrogens is 1. The molecule has 1 aromatic carbocycles. The molecule has 1 aliphatic rings. The Bertz CT molecular complexity index is 943. The van der Waals surface area contributed by atoms with Crippen molar-refractivity contribution in [2.75, 3.05) is 0 Å². The van der Waals surface area contributed by atoms with E-state index in [1.165, 1.54) is 43.2 Å². The van der Waals surface area contributed by atoms with Crippen molar-refractivity contribution in [3.8, 4) is 0 Å². The first-order chi connectivity index (χ1) is 15.3. The van der Waals surface area contributed by atoms with Gasteiger partial charge in [-0.2, -0.15) is 0 Å². The summed E-state index contributed by atoms with van der Waals surface area (Å²) in [4.78, 5) is 15.1. The molecule has 0 saturated heterocycles. The van der Waals surface area contributed by atoms with Crippen molar-refractivity contribution in [1.29, 1.82) is 0 Å². The van der Waals surface area contributed by atoms with Crippen LogP contribution in [0.15, 0.2) is 46.4 Å². The molecule has 1 saturated carbocycles. The van der Waals surface area contributed by atoms with Gasteiger partial charge < -0.3 is 7.43 Å². The van der Waals surface area contributed by atoms with Gasteiger partial charge in [-0.3, -0.25) is 9.98 Å². The number of para-hydroxylation sites is 1. The van der Waals surface area contributed by atoms with E-state index in [4.69, 9.17) is 15.0 Å². The molecule has 1 fully saturated rings. The van der Waals surface area contributed by atoms with Gasteiger partial charge in [0.15, 0.2) is 0 Å². The SMILES string of the molecule is CC(=Nc1c(C(C)C)cccc1C(C)C)c1cccc(C(C)=N[C@H](C)C2CCCCC2)n1.[CH3-].[Co]. The van der Waals surface area contributed by atoms with Crippen molar-refractivity contribution in [1.82, 2.24) is 4.98 Å². The summed E-state index contributed by atoms with van der Waals surface area (Å²) in [6, 6.07) is 13.1. The van der Waals surface area contributed by atoms with E-state index in [9.17, 15) is 0 Å². The van der Waals surface area contributed by atoms with Crippen LogP contribution in [-0.4, -0.2) is 22.4 Å². The van der Waals surface area contributed by atoms with Crippen molar-refractivity contribution >= 4 is 17.1 Å². The molecule has 3 rings (SSSR count). The minimum absolute atomic E-state index is 0. The Labute approximate surface area is 219 Å². The molecule has 1 heterocycles. The van der Waals surface area contributed by atoms with Crippen molar-refractivity contribution in [3.63, 3.8) is 0 Å². The van der Waals surface area contributed by atoms with Gasteiger partial charge in [-0.25, -0.2) is 4.98 Å². The first-order valence-electron chi connectivity index (χ1n) is 12.5. The van der Waals surface area contributed by atoms with Crippen LogP contribution in [0.5, 0.6) is 0 Å². The molecule has 0 unspecified atom stereocenters. The Morgan fingerprint density at radius 3 is 1.82 bits per heavy atom. The summed E-state index contributed by atoms with van der Waals surface area (Å²) in [6.07, 6.45) is 6.70. The minimum atomic E-state index is 0. The van der Waals surface area contributed by atoms with Gasteiger partial charge in [-0.15, -0.1) is 0 Å². The van der Waals surface area contributed by atoms with Gasteiger partial charge in [0.1, 0.15) is 0 Å². The smallest absolute Gasteiger partial charge is 0.0849 e. The molecule has 34 heavy (non-hydrogen) atoms. The molecule has 1 aliphatic carbocycles. The second-order valence-electron chi connectivity index (χ2n) is 10.1. The zero-order valence-electron chi connectivity index (χ0n) is 22.5. The summed E-state index contributed by atoms with van der Waals surface area (Å²) in [5, 5.41) is 0. The maximum atomic E-state index is 5.12. The molecule has 2 aromatic rings. The number of pyridine rings is 1. The average Bonchev–Trinajstić information content (AvgIpc) is 2.79. The van der Waals surface area contributed by atoms with Gasteiger partial charge in [-0.05, 0) is 74.6 Å². The van der Waals surface area contributed by atoms with E-state index in [0.29, 0.717) is 23.8 Å². The van der Waals surface area contributed by atoms with E-state index < -0.39 is 0 Å². The number of nitrogens with zero attached hydrogens (tertiary/aromatic N) is 3. The quantitative estimate of drug-likeness (QED) is 0.274. The summed E-state index contributed by atoms with van der Waals surface area (Å²) in [6.45, 7) is 15.4. The molecule has 0 amide bonds. The van der Waals surface area contributed by atoms with Crippen molar-refractivity contribution in [2.24, 2.45) is 15.9 Å². The van der Waals surface area contributed by atoms with Crippen LogP contribution in [0.25, 0.3) is 0 Å². The number of benzene rings is 1. The first-order valence-corrected chi connectivity index (χ1v) is 12.5. The number of rotatable bonds is 7. The Balaban J connectivity index is 0.00000289. The summed E-state index contributed by atoms with van der Waals surface area (Å²) in [7, 11) is 0. The van der Waals surface area contributed by atoms with Crippen LogP contribution in [0.2, 0.25) is 0 Å². The van der Waals surface area contributed by atoms with E-state index in [2.05, 4.69) is 84.9 Å². The Morgan fingerprint density at radius 2 is 1.29 bits per heavy atom. The predicted molar refractivity (Wildman–Crippen MR) is 145 cm³/mol. The average molecular weight is 506 g/mol. The zero-order chi connectivity index (χ0) is 23.3. The Hall–Kier alpha value is -1.78. The van der Waals surface area contributed by atoms with Crippen LogP contribution in [0.4, 0.5) is 5.69 Å². The van der Waals surface area contributed by atoms with Gasteiger partial charge in [0.25, 0.3) is 0 Å². The van der Waals surface area contributed by atoms with Crippen molar-refractivity contribution in [2.45, 2.75) is 98.4 Å². The third kappa shape index (κ3) is 7.61. The fourth-order valence-electron chi connectivity index (χ4n) is 4.80. The summed E-state index contributed by atoms with van der Waals surface area (Å²) in [5.41, 5.74) is 7.57. The second-order valence-corrected chi connectivity index (χ2v) is 10.1. The van der Waals surface area contributed by atoms with Crippen LogP contribution in [-0.2, 0) is 16.8 Å². The molecule has 0 aliphatic heterocycles. The summed E-state index contributed by atoms with van der Waals surface area (Å²) in [5.74, 6) is 1.57. The molecule has 1 aromatic heterocycles. The van der Waals surface area contributed by atoms with Crippen LogP contribution >= 0.6 is 0 Å². The fourth-order valence-corrected chi connectivity index (χ4v) is 4.80. The normalized spacial score (nSPS) is 16.3. The number of hydrogen-bond donors (Lipinski definition) is 0. The molecular formula is C30H44CoN3-. The molecule has 1 atom stereocenters. The summed E-state index contributed by atoms with van der Waals surface area (Å²) >= 11 is 0. The van der Waals surface area contributed by atoms with Crippen molar-refractivity contribution in [3.05, 3.63) is 66.3 Å². The molecule has 4 heteroatoms. The molecule has 0 bridgehead atoms. The van der Waals surface area contributed by atoms with E-state index >= 15 is 0 Å². The van der Waals surface area contributed by atoms with Crippen LogP contribution in [0.3, 0.4) is 0 Å². The standard InChI is InChI=1S/C29H41N3.CH3.Co/c1-19(2)25-15-11-16-26(20(3)4)29(25)31-23(7)28-18-12-17-27(32-28)22(6)30-21(5)24-13-9-8-10-14-24;;/h11-12,15-21,24H,8-10,13-14H2,1-7H3;1H3;/q;-1;/t21-;;/m1../s1. The predicted octanol–water partition coefficient (Wildman–Crippen LogP) is 8.69. The van der Waals surface area contributed by atoms with Gasteiger partial charge in [0, 0.05) is 16.8 Å². The van der Waals surface area contributed by atoms with Crippen molar-refractivity contribution < 1.29 is 16.8 Å². The molecule has 0 N–H and O–H groups in total. The monoisotopic (exact) mass is 505 g/mol. The van der Waals surface area contributed by atoms with Gasteiger partial charge in [0.05, 0.1) is 34.5 Å². The molecule has 1 radical (unpaired) electrons. The van der Waals surface area contributed by atoms with Gasteiger partial charge in [0.2, 0.25) is 0 Å². The molecule has 189 valence electrons. The van der Waals surface area contributed by atoms with E-state index in [-0.39, 0.29) is 24.2 Å². The second kappa shape index (κ2) is 13.9. The summed E-state index contributed by atoms with van der Waals surface area (Å²) < 4.78 is 0. The van der Waals surface area contributed by atoms with Gasteiger partial charge >= 0.3 is 0 Å². The van der Waals surface area contributed by atoms with E-state index in [0.717, 1.165) is 28.5 Å². The van der Waals surface area contributed by atoms with Crippen LogP contribution in [0.1, 0.15) is 115 Å². The Kier molecular flexibility index (Phi) is 12.4. The maximum Gasteiger partial charge on any atom is 0.0849 e. The van der Waals surface area contributed by atoms with Crippen LogP contribution < -0.4 is 0 Å². The largest absolute Gasteiger partial charge is 0.358 e. The Morgan fingerprint density at radius 1 is 0.794 bits per heavy atom. The fraction of sp³-hybridized carbons (Fsp3) is 0.533. The molecular weight excluding hydrogens is 461 g/mol. The minimum Gasteiger partial charge on any atom is -0.358 e. The molecule has 3 nitrogen and oxygen atoms in total. The maximum absolute atomic E-state index is 5.12. The zero-order valence-corrected chi connectivity index (χ0v) is 23.5. The van der Waals surface area contributed by atoms with E-state index in [1.54, 1.807) is 0 Å². The first kappa shape index (κ1) is 30.2. The molecule has 0 spiro atoms. The van der Waals surface area contributed by atoms with Crippen LogP contribution in [0, 0.1) is 13.3 Å². The third-order valence-electron chi connectivity index (χ3n) is 6.84. The van der Waals surface area contributed by atoms with E-state index in [1.807, 2.05) is 0 Å². The van der Waals surface area contributed by atoms with Gasteiger partial charge in [-0.1, -0.05) is 71.2 Å². The number of hydrogen-bond acceptors (Lipinski definition) is 3.